The topological polar surface area (TPSA) is 32.3 Å². The molecule has 1 aliphatic carbocycles. The van der Waals surface area contributed by atoms with Gasteiger partial charge in [0.2, 0.25) is 5.91 Å². The van der Waals surface area contributed by atoms with Gasteiger partial charge in [-0.05, 0) is 25.8 Å². The molecule has 1 aliphatic heterocycles. The Balaban J connectivity index is 1.66. The zero-order valence-corrected chi connectivity index (χ0v) is 9.67. The van der Waals surface area contributed by atoms with Crippen molar-refractivity contribution in [3.05, 3.63) is 0 Å². The smallest absolute Gasteiger partial charge is 0.222 e. The lowest BCUT2D eigenvalue weighted by molar-refractivity contribution is -0.130. The third-order valence-electron chi connectivity index (χ3n) is 3.94. The number of hydrogen-bond donors (Lipinski definition) is 1. The first-order chi connectivity index (χ1) is 7.29. The van der Waals surface area contributed by atoms with Crippen LogP contribution in [0.3, 0.4) is 0 Å². The second kappa shape index (κ2) is 4.97. The Morgan fingerprint density at radius 2 is 2.20 bits per heavy atom. The third kappa shape index (κ3) is 2.71. The Hall–Kier alpha value is -0.570. The molecule has 2 rings (SSSR count). The van der Waals surface area contributed by atoms with Gasteiger partial charge in [0.15, 0.2) is 0 Å². The number of nitrogens with zero attached hydrogens (tertiary/aromatic N) is 1. The SMILES string of the molecule is CNC1CCN(C(=O)CCC2CCC2)C1. The van der Waals surface area contributed by atoms with Gasteiger partial charge >= 0.3 is 0 Å². The Kier molecular flexibility index (Phi) is 3.62. The Labute approximate surface area is 92.2 Å². The van der Waals surface area contributed by atoms with Crippen molar-refractivity contribution >= 4 is 5.91 Å². The molecule has 2 fully saturated rings. The van der Waals surface area contributed by atoms with E-state index in [-0.39, 0.29) is 0 Å². The normalized spacial score (nSPS) is 26.7. The highest BCUT2D eigenvalue weighted by atomic mass is 16.2. The lowest BCUT2D eigenvalue weighted by Crippen LogP contribution is -2.33. The zero-order valence-electron chi connectivity index (χ0n) is 9.67. The second-order valence-electron chi connectivity index (χ2n) is 4.95. The second-order valence-corrected chi connectivity index (χ2v) is 4.95. The van der Waals surface area contributed by atoms with Crippen LogP contribution < -0.4 is 5.32 Å². The maximum absolute atomic E-state index is 11.8. The number of likely N-dealkylation sites (N-methyl/N-ethyl adjacent to an activating group) is 1. The van der Waals surface area contributed by atoms with Crippen LogP contribution in [-0.2, 0) is 4.79 Å². The lowest BCUT2D eigenvalue weighted by Gasteiger charge is -2.26. The summed E-state index contributed by atoms with van der Waals surface area (Å²) in [6, 6.07) is 0.526. The van der Waals surface area contributed by atoms with E-state index in [0.717, 1.165) is 38.3 Å². The summed E-state index contributed by atoms with van der Waals surface area (Å²) >= 11 is 0. The van der Waals surface area contributed by atoms with Gasteiger partial charge < -0.3 is 10.2 Å². The summed E-state index contributed by atoms with van der Waals surface area (Å²) in [5.74, 6) is 1.23. The fourth-order valence-corrected chi connectivity index (χ4v) is 2.49. The van der Waals surface area contributed by atoms with Gasteiger partial charge in [-0.25, -0.2) is 0 Å². The van der Waals surface area contributed by atoms with Gasteiger partial charge in [-0.3, -0.25) is 4.79 Å². The molecule has 1 unspecified atom stereocenters. The van der Waals surface area contributed by atoms with E-state index in [9.17, 15) is 4.79 Å². The molecule has 15 heavy (non-hydrogen) atoms. The highest BCUT2D eigenvalue weighted by molar-refractivity contribution is 5.76. The van der Waals surface area contributed by atoms with E-state index >= 15 is 0 Å². The molecule has 0 radical (unpaired) electrons. The summed E-state index contributed by atoms with van der Waals surface area (Å²) in [7, 11) is 1.98. The van der Waals surface area contributed by atoms with Crippen molar-refractivity contribution in [2.45, 2.75) is 44.6 Å². The molecule has 2 aliphatic rings. The quantitative estimate of drug-likeness (QED) is 0.760. The van der Waals surface area contributed by atoms with E-state index < -0.39 is 0 Å². The fourth-order valence-electron chi connectivity index (χ4n) is 2.49. The summed E-state index contributed by atoms with van der Waals surface area (Å²) in [6.07, 6.45) is 7.11. The molecule has 0 aromatic carbocycles. The van der Waals surface area contributed by atoms with Crippen LogP contribution in [0.25, 0.3) is 0 Å². The molecule has 1 atom stereocenters. The summed E-state index contributed by atoms with van der Waals surface area (Å²) < 4.78 is 0. The molecule has 1 saturated carbocycles. The highest BCUT2D eigenvalue weighted by Crippen LogP contribution is 2.30. The summed E-state index contributed by atoms with van der Waals surface area (Å²) in [4.78, 5) is 13.9. The van der Waals surface area contributed by atoms with Gasteiger partial charge in [0.05, 0.1) is 0 Å². The molecule has 1 heterocycles. The van der Waals surface area contributed by atoms with Crippen LogP contribution in [0.1, 0.15) is 38.5 Å². The predicted molar refractivity (Wildman–Crippen MR) is 60.6 cm³/mol. The average molecular weight is 210 g/mol. The van der Waals surface area contributed by atoms with Crippen molar-refractivity contribution < 1.29 is 4.79 Å². The molecule has 86 valence electrons. The monoisotopic (exact) mass is 210 g/mol. The zero-order chi connectivity index (χ0) is 10.7. The summed E-state index contributed by atoms with van der Waals surface area (Å²) in [6.45, 7) is 1.87. The van der Waals surface area contributed by atoms with E-state index in [0.29, 0.717) is 11.9 Å². The minimum Gasteiger partial charge on any atom is -0.341 e. The lowest BCUT2D eigenvalue weighted by atomic mass is 9.82. The Morgan fingerprint density at radius 1 is 1.40 bits per heavy atom. The van der Waals surface area contributed by atoms with Crippen LogP contribution in [0, 0.1) is 5.92 Å². The standard InChI is InChI=1S/C12H22N2O/c1-13-11-7-8-14(9-11)12(15)6-5-10-3-2-4-10/h10-11,13H,2-9H2,1H3. The molecule has 0 bridgehead atoms. The molecule has 3 heteroatoms. The Bertz CT molecular complexity index is 226. The number of amides is 1. The number of carbonyl (C=O) groups is 1. The number of carbonyl (C=O) groups excluding carboxylic acids is 1. The molecule has 0 aromatic heterocycles. The first-order valence-electron chi connectivity index (χ1n) is 6.24. The van der Waals surface area contributed by atoms with Gasteiger partial charge in [0, 0.05) is 25.6 Å². The maximum atomic E-state index is 11.8. The van der Waals surface area contributed by atoms with Gasteiger partial charge in [-0.15, -0.1) is 0 Å². The third-order valence-corrected chi connectivity index (χ3v) is 3.94. The molecular weight excluding hydrogens is 188 g/mol. The molecule has 0 aromatic rings. The average Bonchev–Trinajstić information content (AvgIpc) is 2.63. The van der Waals surface area contributed by atoms with E-state index in [2.05, 4.69) is 5.32 Å². The number of likely N-dealkylation sites (tertiary alicyclic amines) is 1. The van der Waals surface area contributed by atoms with E-state index in [4.69, 9.17) is 0 Å². The molecule has 1 saturated heterocycles. The van der Waals surface area contributed by atoms with Crippen molar-refractivity contribution in [2.24, 2.45) is 5.92 Å². The molecule has 3 nitrogen and oxygen atoms in total. The fraction of sp³-hybridized carbons (Fsp3) is 0.917. The maximum Gasteiger partial charge on any atom is 0.222 e. The van der Waals surface area contributed by atoms with Crippen molar-refractivity contribution in [1.29, 1.82) is 0 Å². The van der Waals surface area contributed by atoms with Crippen LogP contribution in [0.5, 0.6) is 0 Å². The highest BCUT2D eigenvalue weighted by Gasteiger charge is 2.26. The number of hydrogen-bond acceptors (Lipinski definition) is 2. The van der Waals surface area contributed by atoms with E-state index in [1.165, 1.54) is 19.3 Å². The summed E-state index contributed by atoms with van der Waals surface area (Å²) in [5, 5.41) is 3.24. The molecule has 1 N–H and O–H groups in total. The van der Waals surface area contributed by atoms with E-state index in [1.807, 2.05) is 11.9 Å². The van der Waals surface area contributed by atoms with Crippen LogP contribution in [0.2, 0.25) is 0 Å². The molecule has 1 amide bonds. The predicted octanol–water partition coefficient (Wildman–Crippen LogP) is 1.39. The van der Waals surface area contributed by atoms with Gasteiger partial charge in [-0.1, -0.05) is 19.3 Å². The van der Waals surface area contributed by atoms with Crippen molar-refractivity contribution in [3.63, 3.8) is 0 Å². The van der Waals surface area contributed by atoms with Crippen molar-refractivity contribution in [3.8, 4) is 0 Å². The van der Waals surface area contributed by atoms with Crippen LogP contribution in [-0.4, -0.2) is 37.0 Å². The van der Waals surface area contributed by atoms with Gasteiger partial charge in [0.25, 0.3) is 0 Å². The minimum atomic E-state index is 0.375. The van der Waals surface area contributed by atoms with Crippen LogP contribution in [0.4, 0.5) is 0 Å². The van der Waals surface area contributed by atoms with Crippen LogP contribution >= 0.6 is 0 Å². The van der Waals surface area contributed by atoms with Crippen molar-refractivity contribution in [2.75, 3.05) is 20.1 Å². The van der Waals surface area contributed by atoms with Gasteiger partial charge in [0.1, 0.15) is 0 Å². The first-order valence-corrected chi connectivity index (χ1v) is 6.24. The molecule has 0 spiro atoms. The largest absolute Gasteiger partial charge is 0.341 e. The van der Waals surface area contributed by atoms with Gasteiger partial charge in [-0.2, -0.15) is 0 Å². The van der Waals surface area contributed by atoms with Crippen molar-refractivity contribution in [1.82, 2.24) is 10.2 Å². The number of nitrogens with one attached hydrogen (secondary N) is 1. The van der Waals surface area contributed by atoms with Crippen LogP contribution in [0.15, 0.2) is 0 Å². The molecular formula is C12H22N2O. The Morgan fingerprint density at radius 3 is 2.73 bits per heavy atom. The first kappa shape index (κ1) is 10.9. The minimum absolute atomic E-state index is 0.375. The number of rotatable bonds is 4. The van der Waals surface area contributed by atoms with E-state index in [1.54, 1.807) is 0 Å². The summed E-state index contributed by atoms with van der Waals surface area (Å²) in [5.41, 5.74) is 0.